The molecule has 2 N–H and O–H groups in total. The van der Waals surface area contributed by atoms with Crippen LogP contribution in [0.4, 0.5) is 0 Å². The van der Waals surface area contributed by atoms with Crippen LogP contribution in [-0.4, -0.2) is 29.2 Å². The molecule has 16 heavy (non-hydrogen) atoms. The van der Waals surface area contributed by atoms with Gasteiger partial charge in [-0.15, -0.1) is 0 Å². The number of aromatic nitrogens is 1. The lowest BCUT2D eigenvalue weighted by Gasteiger charge is -2.34. The van der Waals surface area contributed by atoms with Gasteiger partial charge in [-0.2, -0.15) is 0 Å². The highest BCUT2D eigenvalue weighted by Crippen LogP contribution is 2.20. The molecule has 2 heterocycles. The van der Waals surface area contributed by atoms with Gasteiger partial charge in [0.05, 0.1) is 5.69 Å². The van der Waals surface area contributed by atoms with E-state index in [4.69, 9.17) is 10.3 Å². The van der Waals surface area contributed by atoms with Crippen LogP contribution in [0.15, 0.2) is 4.52 Å². The molecular formula is C12H21N3O. The van der Waals surface area contributed by atoms with Gasteiger partial charge < -0.3 is 10.3 Å². The van der Waals surface area contributed by atoms with E-state index in [1.54, 1.807) is 0 Å². The average Bonchev–Trinajstić information content (AvgIpc) is 2.55. The molecular weight excluding hydrogens is 202 g/mol. The van der Waals surface area contributed by atoms with Crippen LogP contribution in [0.2, 0.25) is 0 Å². The molecule has 0 saturated carbocycles. The van der Waals surface area contributed by atoms with Crippen LogP contribution in [0, 0.1) is 19.8 Å². The van der Waals surface area contributed by atoms with E-state index in [0.717, 1.165) is 31.1 Å². The summed E-state index contributed by atoms with van der Waals surface area (Å²) >= 11 is 0. The Morgan fingerprint density at radius 1 is 1.50 bits per heavy atom. The normalized spacial score (nSPS) is 27.2. The lowest BCUT2D eigenvalue weighted by molar-refractivity contribution is 0.161. The van der Waals surface area contributed by atoms with Crippen LogP contribution >= 0.6 is 0 Å². The Morgan fingerprint density at radius 2 is 2.25 bits per heavy atom. The lowest BCUT2D eigenvalue weighted by Crippen LogP contribution is -2.47. The second-order valence-electron chi connectivity index (χ2n) is 4.97. The number of likely N-dealkylation sites (tertiary alicyclic amines) is 1. The smallest absolute Gasteiger partial charge is 0.138 e. The zero-order chi connectivity index (χ0) is 11.7. The Balaban J connectivity index is 2.00. The van der Waals surface area contributed by atoms with Gasteiger partial charge in [0.1, 0.15) is 5.76 Å². The van der Waals surface area contributed by atoms with E-state index < -0.39 is 0 Å². The third-order valence-corrected chi connectivity index (χ3v) is 3.66. The fraction of sp³-hybridized carbons (Fsp3) is 0.750. The zero-order valence-corrected chi connectivity index (χ0v) is 10.4. The molecule has 90 valence electrons. The molecule has 1 aliphatic heterocycles. The fourth-order valence-electron chi connectivity index (χ4n) is 2.26. The maximum absolute atomic E-state index is 6.09. The van der Waals surface area contributed by atoms with Gasteiger partial charge in [0.25, 0.3) is 0 Å². The molecule has 1 aromatic rings. The molecule has 0 bridgehead atoms. The van der Waals surface area contributed by atoms with E-state index in [2.05, 4.69) is 17.0 Å². The van der Waals surface area contributed by atoms with Crippen molar-refractivity contribution in [1.29, 1.82) is 0 Å². The minimum absolute atomic E-state index is 0.300. The van der Waals surface area contributed by atoms with Crippen LogP contribution in [0.3, 0.4) is 0 Å². The number of aryl methyl sites for hydroxylation is 2. The maximum atomic E-state index is 6.09. The number of hydrogen-bond acceptors (Lipinski definition) is 4. The van der Waals surface area contributed by atoms with E-state index in [1.165, 1.54) is 12.0 Å². The van der Waals surface area contributed by atoms with Gasteiger partial charge >= 0.3 is 0 Å². The predicted octanol–water partition coefficient (Wildman–Crippen LogP) is 1.46. The third-order valence-electron chi connectivity index (χ3n) is 3.66. The second kappa shape index (κ2) is 4.55. The summed E-state index contributed by atoms with van der Waals surface area (Å²) < 4.78 is 5.18. The van der Waals surface area contributed by atoms with E-state index >= 15 is 0 Å². The quantitative estimate of drug-likeness (QED) is 0.824. The average molecular weight is 223 g/mol. The first-order valence-electron chi connectivity index (χ1n) is 5.97. The van der Waals surface area contributed by atoms with Crippen LogP contribution in [0.25, 0.3) is 0 Å². The highest BCUT2D eigenvalue weighted by molar-refractivity contribution is 5.20. The summed E-state index contributed by atoms with van der Waals surface area (Å²) in [6.07, 6.45) is 1.19. The van der Waals surface area contributed by atoms with Crippen molar-refractivity contribution in [3.05, 3.63) is 17.0 Å². The molecule has 4 nitrogen and oxygen atoms in total. The summed E-state index contributed by atoms with van der Waals surface area (Å²) in [6, 6.07) is 0.300. The Bertz CT molecular complexity index is 342. The Hall–Kier alpha value is -0.870. The molecule has 0 spiro atoms. The maximum Gasteiger partial charge on any atom is 0.138 e. The van der Waals surface area contributed by atoms with E-state index in [9.17, 15) is 0 Å². The van der Waals surface area contributed by atoms with Gasteiger partial charge in [0.2, 0.25) is 0 Å². The SMILES string of the molecule is Cc1noc(C)c1CN1CCC(C)C(N)C1. The highest BCUT2D eigenvalue weighted by Gasteiger charge is 2.24. The monoisotopic (exact) mass is 223 g/mol. The standard InChI is InChI=1S/C12H21N3O/c1-8-4-5-15(7-12(8)13)6-11-9(2)14-16-10(11)3/h8,12H,4-7,13H2,1-3H3. The Labute approximate surface area is 96.8 Å². The van der Waals surface area contributed by atoms with Crippen LogP contribution in [-0.2, 0) is 6.54 Å². The van der Waals surface area contributed by atoms with Gasteiger partial charge in [-0.3, -0.25) is 4.90 Å². The fourth-order valence-corrected chi connectivity index (χ4v) is 2.26. The van der Waals surface area contributed by atoms with Crippen molar-refractivity contribution >= 4 is 0 Å². The molecule has 0 amide bonds. The summed E-state index contributed by atoms with van der Waals surface area (Å²) in [4.78, 5) is 2.40. The van der Waals surface area contributed by atoms with Gasteiger partial charge in [-0.1, -0.05) is 12.1 Å². The van der Waals surface area contributed by atoms with Gasteiger partial charge in [0, 0.05) is 24.7 Å². The predicted molar refractivity (Wildman–Crippen MR) is 63.0 cm³/mol. The van der Waals surface area contributed by atoms with E-state index in [-0.39, 0.29) is 0 Å². The number of piperidine rings is 1. The second-order valence-corrected chi connectivity index (χ2v) is 4.97. The number of hydrogen-bond donors (Lipinski definition) is 1. The van der Waals surface area contributed by atoms with Crippen molar-refractivity contribution in [3.63, 3.8) is 0 Å². The molecule has 0 aromatic carbocycles. The summed E-state index contributed by atoms with van der Waals surface area (Å²) in [7, 11) is 0. The number of nitrogens with two attached hydrogens (primary N) is 1. The first kappa shape index (κ1) is 11.6. The largest absolute Gasteiger partial charge is 0.361 e. The van der Waals surface area contributed by atoms with Gasteiger partial charge in [-0.25, -0.2) is 0 Å². The van der Waals surface area contributed by atoms with Crippen LogP contribution < -0.4 is 5.73 Å². The summed E-state index contributed by atoms with van der Waals surface area (Å²) in [5.74, 6) is 1.57. The van der Waals surface area contributed by atoms with Crippen LogP contribution in [0.1, 0.15) is 30.4 Å². The Kier molecular flexibility index (Phi) is 3.30. The molecule has 1 saturated heterocycles. The highest BCUT2D eigenvalue weighted by atomic mass is 16.5. The summed E-state index contributed by atoms with van der Waals surface area (Å²) in [5.41, 5.74) is 8.32. The number of nitrogens with zero attached hydrogens (tertiary/aromatic N) is 2. The minimum Gasteiger partial charge on any atom is -0.361 e. The van der Waals surface area contributed by atoms with Gasteiger partial charge in [-0.05, 0) is 32.7 Å². The lowest BCUT2D eigenvalue weighted by atomic mass is 9.94. The molecule has 0 aliphatic carbocycles. The summed E-state index contributed by atoms with van der Waals surface area (Å²) in [6.45, 7) is 9.23. The van der Waals surface area contributed by atoms with Crippen molar-refractivity contribution in [3.8, 4) is 0 Å². The first-order chi connectivity index (χ1) is 7.58. The van der Waals surface area contributed by atoms with E-state index in [1.807, 2.05) is 13.8 Å². The molecule has 1 aliphatic rings. The van der Waals surface area contributed by atoms with Gasteiger partial charge in [0.15, 0.2) is 0 Å². The topological polar surface area (TPSA) is 55.3 Å². The van der Waals surface area contributed by atoms with E-state index in [0.29, 0.717) is 12.0 Å². The molecule has 2 unspecified atom stereocenters. The molecule has 4 heteroatoms. The third kappa shape index (κ3) is 2.28. The van der Waals surface area contributed by atoms with Crippen LogP contribution in [0.5, 0.6) is 0 Å². The summed E-state index contributed by atoms with van der Waals surface area (Å²) in [5, 5.41) is 3.98. The zero-order valence-electron chi connectivity index (χ0n) is 10.4. The molecule has 2 rings (SSSR count). The minimum atomic E-state index is 0.300. The Morgan fingerprint density at radius 3 is 2.81 bits per heavy atom. The van der Waals surface area contributed by atoms with Crippen molar-refractivity contribution in [2.75, 3.05) is 13.1 Å². The van der Waals surface area contributed by atoms with Crippen molar-refractivity contribution in [2.45, 2.75) is 39.8 Å². The first-order valence-corrected chi connectivity index (χ1v) is 5.97. The van der Waals surface area contributed by atoms with Crippen molar-refractivity contribution in [2.24, 2.45) is 11.7 Å². The molecule has 2 atom stereocenters. The van der Waals surface area contributed by atoms with Crippen molar-refractivity contribution in [1.82, 2.24) is 10.1 Å². The van der Waals surface area contributed by atoms with Crippen molar-refractivity contribution < 1.29 is 4.52 Å². The number of rotatable bonds is 2. The molecule has 0 radical (unpaired) electrons. The molecule has 1 fully saturated rings. The molecule has 1 aromatic heterocycles.